The van der Waals surface area contributed by atoms with Gasteiger partial charge in [0, 0.05) is 51.6 Å². The van der Waals surface area contributed by atoms with Crippen LogP contribution in [-0.4, -0.2) is 62.5 Å². The van der Waals surface area contributed by atoms with E-state index in [-0.39, 0.29) is 17.7 Å². The van der Waals surface area contributed by atoms with Crippen LogP contribution in [0.1, 0.15) is 26.2 Å². The Labute approximate surface area is 172 Å². The van der Waals surface area contributed by atoms with Gasteiger partial charge in [-0.1, -0.05) is 30.7 Å². The number of piperazine rings is 1. The van der Waals surface area contributed by atoms with Crippen LogP contribution in [0.4, 0.5) is 5.69 Å². The van der Waals surface area contributed by atoms with Gasteiger partial charge in [0.2, 0.25) is 11.8 Å². The summed E-state index contributed by atoms with van der Waals surface area (Å²) in [5.41, 5.74) is 1.11. The minimum Gasteiger partial charge on any atom is -0.368 e. The fourth-order valence-electron chi connectivity index (χ4n) is 3.66. The molecule has 2 aliphatic rings. The van der Waals surface area contributed by atoms with E-state index < -0.39 is 0 Å². The van der Waals surface area contributed by atoms with Crippen molar-refractivity contribution in [1.82, 2.24) is 15.5 Å². The summed E-state index contributed by atoms with van der Waals surface area (Å²) in [6.45, 7) is 8.11. The third-order valence-electron chi connectivity index (χ3n) is 5.64. The average molecular weight is 407 g/mol. The van der Waals surface area contributed by atoms with Gasteiger partial charge < -0.3 is 15.5 Å². The predicted molar refractivity (Wildman–Crippen MR) is 113 cm³/mol. The minimum absolute atomic E-state index is 0.00711. The summed E-state index contributed by atoms with van der Waals surface area (Å²) in [5.74, 6) is 0.769. The Bertz CT molecular complexity index is 676. The van der Waals surface area contributed by atoms with Gasteiger partial charge in [-0.05, 0) is 37.4 Å². The van der Waals surface area contributed by atoms with Crippen LogP contribution in [0.3, 0.4) is 0 Å². The quantitative estimate of drug-likeness (QED) is 0.616. The lowest BCUT2D eigenvalue weighted by Crippen LogP contribution is -2.47. The van der Waals surface area contributed by atoms with Gasteiger partial charge >= 0.3 is 0 Å². The molecule has 2 N–H and O–H groups in total. The number of carbonyl (C=O) groups excluding carboxylic acids is 2. The van der Waals surface area contributed by atoms with Gasteiger partial charge in [-0.3, -0.25) is 14.5 Å². The smallest absolute Gasteiger partial charge is 0.223 e. The van der Waals surface area contributed by atoms with Gasteiger partial charge in [0.1, 0.15) is 0 Å². The van der Waals surface area contributed by atoms with Crippen molar-refractivity contribution in [2.45, 2.75) is 26.2 Å². The van der Waals surface area contributed by atoms with Gasteiger partial charge in [-0.15, -0.1) is 0 Å². The van der Waals surface area contributed by atoms with E-state index in [0.717, 1.165) is 56.3 Å². The van der Waals surface area contributed by atoms with Gasteiger partial charge in [0.25, 0.3) is 0 Å². The third-order valence-corrected chi connectivity index (χ3v) is 5.96. The molecule has 0 aromatic heterocycles. The molecule has 6 nitrogen and oxygen atoms in total. The number of benzene rings is 1. The SMILES string of the molecule is CC1CC1C(=O)NCCC(=O)NCCCN1CCN(c2ccccc2Cl)CC1. The van der Waals surface area contributed by atoms with E-state index in [4.69, 9.17) is 11.6 Å². The molecule has 2 unspecified atom stereocenters. The van der Waals surface area contributed by atoms with Crippen LogP contribution in [0.25, 0.3) is 0 Å². The van der Waals surface area contributed by atoms with E-state index in [0.29, 0.717) is 25.4 Å². The molecule has 2 atom stereocenters. The van der Waals surface area contributed by atoms with E-state index in [1.807, 2.05) is 18.2 Å². The van der Waals surface area contributed by atoms with Crippen LogP contribution in [0, 0.1) is 11.8 Å². The Morgan fingerprint density at radius 2 is 1.82 bits per heavy atom. The molecule has 0 bridgehead atoms. The maximum atomic E-state index is 11.9. The molecule has 1 saturated carbocycles. The molecule has 28 heavy (non-hydrogen) atoms. The molecular formula is C21H31ClN4O2. The Morgan fingerprint density at radius 3 is 2.50 bits per heavy atom. The summed E-state index contributed by atoms with van der Waals surface area (Å²) in [6, 6.07) is 7.98. The van der Waals surface area contributed by atoms with Crippen molar-refractivity contribution in [3.63, 3.8) is 0 Å². The van der Waals surface area contributed by atoms with Crippen molar-refractivity contribution in [2.24, 2.45) is 11.8 Å². The van der Waals surface area contributed by atoms with Crippen LogP contribution >= 0.6 is 11.6 Å². The minimum atomic E-state index is 0.00711. The van der Waals surface area contributed by atoms with Crippen molar-refractivity contribution in [3.05, 3.63) is 29.3 Å². The molecule has 1 heterocycles. The molecule has 2 amide bonds. The highest BCUT2D eigenvalue weighted by atomic mass is 35.5. The standard InChI is InChI=1S/C21H31ClN4O2/c1-16-15-17(16)21(28)24-9-7-20(27)23-8-4-10-25-11-13-26(14-12-25)19-6-3-2-5-18(19)22/h2-3,5-6,16-17H,4,7-15H2,1H3,(H,23,27)(H,24,28). The Hall–Kier alpha value is -1.79. The molecule has 7 heteroatoms. The number of nitrogens with zero attached hydrogens (tertiary/aromatic N) is 2. The van der Waals surface area contributed by atoms with Crippen molar-refractivity contribution >= 4 is 29.1 Å². The van der Waals surface area contributed by atoms with E-state index in [1.54, 1.807) is 0 Å². The molecular weight excluding hydrogens is 376 g/mol. The Kier molecular flexibility index (Phi) is 7.57. The zero-order valence-corrected chi connectivity index (χ0v) is 17.4. The maximum Gasteiger partial charge on any atom is 0.223 e. The molecule has 1 aromatic carbocycles. The fraction of sp³-hybridized carbons (Fsp3) is 0.619. The first-order chi connectivity index (χ1) is 13.5. The number of rotatable bonds is 9. The van der Waals surface area contributed by atoms with Gasteiger partial charge in [0.15, 0.2) is 0 Å². The van der Waals surface area contributed by atoms with Gasteiger partial charge in [-0.2, -0.15) is 0 Å². The first kappa shape index (κ1) is 20.9. The molecule has 2 fully saturated rings. The first-order valence-corrected chi connectivity index (χ1v) is 10.7. The Morgan fingerprint density at radius 1 is 1.11 bits per heavy atom. The van der Waals surface area contributed by atoms with Crippen LogP contribution in [0.2, 0.25) is 5.02 Å². The van der Waals surface area contributed by atoms with E-state index in [2.05, 4.69) is 33.4 Å². The summed E-state index contributed by atoms with van der Waals surface area (Å²) in [4.78, 5) is 28.3. The number of carbonyl (C=O) groups is 2. The topological polar surface area (TPSA) is 64.7 Å². The second-order valence-corrected chi connectivity index (χ2v) is 8.25. The zero-order valence-electron chi connectivity index (χ0n) is 16.6. The maximum absolute atomic E-state index is 11.9. The summed E-state index contributed by atoms with van der Waals surface area (Å²) in [7, 11) is 0. The number of nitrogens with one attached hydrogen (secondary N) is 2. The molecule has 154 valence electrons. The lowest BCUT2D eigenvalue weighted by Gasteiger charge is -2.36. The molecule has 1 aliphatic heterocycles. The van der Waals surface area contributed by atoms with Gasteiger partial charge in [-0.25, -0.2) is 0 Å². The molecule has 1 aliphatic carbocycles. The molecule has 1 aromatic rings. The van der Waals surface area contributed by atoms with E-state index in [9.17, 15) is 9.59 Å². The summed E-state index contributed by atoms with van der Waals surface area (Å²) in [6.07, 6.45) is 2.26. The number of para-hydroxylation sites is 1. The second kappa shape index (κ2) is 10.1. The number of anilines is 1. The van der Waals surface area contributed by atoms with Crippen molar-refractivity contribution in [1.29, 1.82) is 0 Å². The first-order valence-electron chi connectivity index (χ1n) is 10.3. The Balaban J connectivity index is 1.23. The van der Waals surface area contributed by atoms with E-state index >= 15 is 0 Å². The lowest BCUT2D eigenvalue weighted by molar-refractivity contribution is -0.123. The highest BCUT2D eigenvalue weighted by Crippen LogP contribution is 2.37. The fourth-order valence-corrected chi connectivity index (χ4v) is 3.91. The predicted octanol–water partition coefficient (Wildman–Crippen LogP) is 2.13. The third kappa shape index (κ3) is 6.11. The molecule has 3 rings (SSSR count). The van der Waals surface area contributed by atoms with E-state index in [1.165, 1.54) is 0 Å². The second-order valence-electron chi connectivity index (χ2n) is 7.84. The highest BCUT2D eigenvalue weighted by molar-refractivity contribution is 6.33. The monoisotopic (exact) mass is 406 g/mol. The normalized spacial score (nSPS) is 22.0. The van der Waals surface area contributed by atoms with Crippen molar-refractivity contribution in [2.75, 3.05) is 50.7 Å². The largest absolute Gasteiger partial charge is 0.368 e. The molecule has 1 saturated heterocycles. The zero-order chi connectivity index (χ0) is 19.9. The lowest BCUT2D eigenvalue weighted by atomic mass is 10.2. The average Bonchev–Trinajstić information content (AvgIpc) is 3.43. The number of halogens is 1. The number of hydrogen-bond acceptors (Lipinski definition) is 4. The van der Waals surface area contributed by atoms with Crippen LogP contribution < -0.4 is 15.5 Å². The van der Waals surface area contributed by atoms with Crippen LogP contribution in [-0.2, 0) is 9.59 Å². The van der Waals surface area contributed by atoms with Crippen LogP contribution in [0.15, 0.2) is 24.3 Å². The highest BCUT2D eigenvalue weighted by Gasteiger charge is 2.38. The summed E-state index contributed by atoms with van der Waals surface area (Å²) >= 11 is 6.29. The summed E-state index contributed by atoms with van der Waals surface area (Å²) in [5, 5.41) is 6.60. The number of hydrogen-bond donors (Lipinski definition) is 2. The molecule has 0 radical (unpaired) electrons. The number of amides is 2. The van der Waals surface area contributed by atoms with Gasteiger partial charge in [0.05, 0.1) is 10.7 Å². The van der Waals surface area contributed by atoms with Crippen molar-refractivity contribution < 1.29 is 9.59 Å². The van der Waals surface area contributed by atoms with Crippen LogP contribution in [0.5, 0.6) is 0 Å². The molecule has 0 spiro atoms. The van der Waals surface area contributed by atoms with Crippen molar-refractivity contribution in [3.8, 4) is 0 Å². The summed E-state index contributed by atoms with van der Waals surface area (Å²) < 4.78 is 0.